The molecule has 0 radical (unpaired) electrons. The van der Waals surface area contributed by atoms with E-state index in [1.807, 2.05) is 24.3 Å². The molecule has 5 heteroatoms. The fourth-order valence-electron chi connectivity index (χ4n) is 1.55. The van der Waals surface area contributed by atoms with Crippen molar-refractivity contribution < 1.29 is 19.0 Å². The van der Waals surface area contributed by atoms with Crippen LogP contribution in [-0.2, 0) is 20.7 Å². The lowest BCUT2D eigenvalue weighted by molar-refractivity contribution is -0.152. The highest BCUT2D eigenvalue weighted by atomic mass is 35.5. The third kappa shape index (κ3) is 4.94. The first kappa shape index (κ1) is 16.7. The van der Waals surface area contributed by atoms with Gasteiger partial charge in [0.2, 0.25) is 0 Å². The number of aryl methyl sites for hydroxylation is 1. The van der Waals surface area contributed by atoms with Crippen LogP contribution in [0, 0.1) is 0 Å². The Hall–Kier alpha value is -1.26. The zero-order valence-electron chi connectivity index (χ0n) is 10.8. The lowest BCUT2D eigenvalue weighted by Crippen LogP contribution is -2.24. The molecule has 4 nitrogen and oxygen atoms in total. The summed E-state index contributed by atoms with van der Waals surface area (Å²) in [5.41, 5.74) is 1.14. The van der Waals surface area contributed by atoms with Crippen LogP contribution < -0.4 is 4.74 Å². The number of benzene rings is 1. The lowest BCUT2D eigenvalue weighted by Gasteiger charge is -2.12. The molecule has 0 aliphatic rings. The Morgan fingerprint density at radius 2 is 1.78 bits per heavy atom. The van der Waals surface area contributed by atoms with Gasteiger partial charge in [-0.15, -0.1) is 12.4 Å². The molecule has 0 aromatic heterocycles. The second kappa shape index (κ2) is 8.78. The van der Waals surface area contributed by atoms with Crippen LogP contribution in [0.4, 0.5) is 0 Å². The third-order valence-electron chi connectivity index (χ3n) is 2.60. The van der Waals surface area contributed by atoms with Gasteiger partial charge in [0.05, 0.1) is 14.2 Å². The normalized spacial score (nSPS) is 11.3. The summed E-state index contributed by atoms with van der Waals surface area (Å²) < 4.78 is 14.8. The van der Waals surface area contributed by atoms with Gasteiger partial charge in [0.25, 0.3) is 0 Å². The summed E-state index contributed by atoms with van der Waals surface area (Å²) in [6.07, 6.45) is 0.870. The van der Waals surface area contributed by atoms with E-state index in [4.69, 9.17) is 9.47 Å². The van der Waals surface area contributed by atoms with E-state index in [-0.39, 0.29) is 18.4 Å². The number of rotatable bonds is 6. The van der Waals surface area contributed by atoms with Crippen molar-refractivity contribution in [2.45, 2.75) is 18.9 Å². The van der Waals surface area contributed by atoms with Gasteiger partial charge in [-0.1, -0.05) is 12.1 Å². The number of carbonyl (C=O) groups excluding carboxylic acids is 1. The van der Waals surface area contributed by atoms with Crippen LogP contribution >= 0.6 is 12.4 Å². The minimum absolute atomic E-state index is 0. The number of ether oxygens (including phenoxy) is 3. The summed E-state index contributed by atoms with van der Waals surface area (Å²) in [5.74, 6) is 0.492. The van der Waals surface area contributed by atoms with Crippen LogP contribution in [0.5, 0.6) is 5.75 Å². The van der Waals surface area contributed by atoms with Gasteiger partial charge in [-0.05, 0) is 30.5 Å². The molecule has 1 atom stereocenters. The van der Waals surface area contributed by atoms with E-state index in [2.05, 4.69) is 4.74 Å². The largest absolute Gasteiger partial charge is 0.497 e. The summed E-state index contributed by atoms with van der Waals surface area (Å²) in [7, 11) is 4.50. The smallest absolute Gasteiger partial charge is 0.334 e. The predicted octanol–water partition coefficient (Wildman–Crippen LogP) is 2.24. The second-order valence-electron chi connectivity index (χ2n) is 3.63. The van der Waals surface area contributed by atoms with Crippen molar-refractivity contribution in [1.82, 2.24) is 0 Å². The minimum atomic E-state index is -0.498. The maximum atomic E-state index is 11.3. The highest BCUT2D eigenvalue weighted by Gasteiger charge is 2.17. The Labute approximate surface area is 114 Å². The molecule has 0 spiro atoms. The average Bonchev–Trinajstić information content (AvgIpc) is 2.39. The van der Waals surface area contributed by atoms with Crippen LogP contribution in [-0.4, -0.2) is 33.4 Å². The van der Waals surface area contributed by atoms with Crippen molar-refractivity contribution in [3.8, 4) is 5.75 Å². The SMILES string of the molecule is COC(=O)C(CCc1ccc(OC)cc1)OC.Cl. The van der Waals surface area contributed by atoms with Gasteiger partial charge < -0.3 is 14.2 Å². The first-order chi connectivity index (χ1) is 8.21. The zero-order valence-corrected chi connectivity index (χ0v) is 11.7. The van der Waals surface area contributed by atoms with Crippen molar-refractivity contribution in [2.24, 2.45) is 0 Å². The molecule has 0 saturated heterocycles. The average molecular weight is 275 g/mol. The van der Waals surface area contributed by atoms with Crippen molar-refractivity contribution >= 4 is 18.4 Å². The number of esters is 1. The summed E-state index contributed by atoms with van der Waals surface area (Å²) >= 11 is 0. The molecule has 1 rings (SSSR count). The Bertz CT molecular complexity index is 351. The Kier molecular flexibility index (Phi) is 8.16. The molecule has 0 N–H and O–H groups in total. The maximum Gasteiger partial charge on any atom is 0.334 e. The highest BCUT2D eigenvalue weighted by Crippen LogP contribution is 2.14. The van der Waals surface area contributed by atoms with Crippen molar-refractivity contribution in [3.63, 3.8) is 0 Å². The Balaban J connectivity index is 0.00000289. The standard InChI is InChI=1S/C13H18O4.ClH/c1-15-11-7-4-10(5-8-11)6-9-12(16-2)13(14)17-3;/h4-5,7-8,12H,6,9H2,1-3H3;1H. The van der Waals surface area contributed by atoms with E-state index in [1.54, 1.807) is 7.11 Å². The van der Waals surface area contributed by atoms with Crippen LogP contribution in [0.25, 0.3) is 0 Å². The molecule has 1 unspecified atom stereocenters. The van der Waals surface area contributed by atoms with Gasteiger partial charge >= 0.3 is 5.97 Å². The van der Waals surface area contributed by atoms with E-state index in [1.165, 1.54) is 14.2 Å². The van der Waals surface area contributed by atoms with E-state index < -0.39 is 6.10 Å². The molecule has 0 heterocycles. The number of hydrogen-bond acceptors (Lipinski definition) is 4. The first-order valence-electron chi connectivity index (χ1n) is 5.44. The second-order valence-corrected chi connectivity index (χ2v) is 3.63. The van der Waals surface area contributed by atoms with Crippen LogP contribution in [0.1, 0.15) is 12.0 Å². The fraction of sp³-hybridized carbons (Fsp3) is 0.462. The van der Waals surface area contributed by atoms with Crippen molar-refractivity contribution in [3.05, 3.63) is 29.8 Å². The molecule has 0 fully saturated rings. The van der Waals surface area contributed by atoms with E-state index in [0.29, 0.717) is 6.42 Å². The molecule has 1 aromatic carbocycles. The molecule has 0 saturated carbocycles. The minimum Gasteiger partial charge on any atom is -0.497 e. The quantitative estimate of drug-likeness (QED) is 0.747. The van der Waals surface area contributed by atoms with E-state index >= 15 is 0 Å². The molecule has 1 aromatic rings. The molecule has 0 bridgehead atoms. The van der Waals surface area contributed by atoms with Gasteiger partial charge in [-0.2, -0.15) is 0 Å². The Morgan fingerprint density at radius 3 is 2.22 bits per heavy atom. The van der Waals surface area contributed by atoms with E-state index in [9.17, 15) is 4.79 Å². The predicted molar refractivity (Wildman–Crippen MR) is 71.4 cm³/mol. The molecule has 0 aliphatic heterocycles. The molecule has 18 heavy (non-hydrogen) atoms. The molecule has 0 aliphatic carbocycles. The van der Waals surface area contributed by atoms with Crippen LogP contribution in [0.3, 0.4) is 0 Å². The first-order valence-corrected chi connectivity index (χ1v) is 5.44. The van der Waals surface area contributed by atoms with Crippen molar-refractivity contribution in [2.75, 3.05) is 21.3 Å². The van der Waals surface area contributed by atoms with Crippen LogP contribution in [0.15, 0.2) is 24.3 Å². The topological polar surface area (TPSA) is 44.8 Å². The molecule has 102 valence electrons. The van der Waals surface area contributed by atoms with Crippen LogP contribution in [0.2, 0.25) is 0 Å². The fourth-order valence-corrected chi connectivity index (χ4v) is 1.55. The number of methoxy groups -OCH3 is 3. The Morgan fingerprint density at radius 1 is 1.17 bits per heavy atom. The molecule has 0 amide bonds. The number of carbonyl (C=O) groups is 1. The zero-order chi connectivity index (χ0) is 12.7. The van der Waals surface area contributed by atoms with Gasteiger partial charge in [0.1, 0.15) is 5.75 Å². The van der Waals surface area contributed by atoms with Gasteiger partial charge in [0, 0.05) is 7.11 Å². The maximum absolute atomic E-state index is 11.3. The number of hydrogen-bond donors (Lipinski definition) is 0. The monoisotopic (exact) mass is 274 g/mol. The summed E-state index contributed by atoms with van der Waals surface area (Å²) in [6.45, 7) is 0. The lowest BCUT2D eigenvalue weighted by atomic mass is 10.1. The molecular formula is C13H19ClO4. The molecular weight excluding hydrogens is 256 g/mol. The van der Waals surface area contributed by atoms with E-state index in [0.717, 1.165) is 17.7 Å². The van der Waals surface area contributed by atoms with Gasteiger partial charge in [-0.3, -0.25) is 0 Å². The summed E-state index contributed by atoms with van der Waals surface area (Å²) in [6, 6.07) is 7.75. The third-order valence-corrected chi connectivity index (χ3v) is 2.60. The summed E-state index contributed by atoms with van der Waals surface area (Å²) in [5, 5.41) is 0. The highest BCUT2D eigenvalue weighted by molar-refractivity contribution is 5.85. The van der Waals surface area contributed by atoms with Gasteiger partial charge in [0.15, 0.2) is 6.10 Å². The number of halogens is 1. The van der Waals surface area contributed by atoms with Gasteiger partial charge in [-0.25, -0.2) is 4.79 Å². The summed E-state index contributed by atoms with van der Waals surface area (Å²) in [4.78, 5) is 11.3. The van der Waals surface area contributed by atoms with Crippen molar-refractivity contribution in [1.29, 1.82) is 0 Å².